The first-order valence-corrected chi connectivity index (χ1v) is 13.5. The van der Waals surface area contributed by atoms with Crippen molar-refractivity contribution in [3.05, 3.63) is 23.8 Å². The van der Waals surface area contributed by atoms with E-state index < -0.39 is 17.7 Å². The van der Waals surface area contributed by atoms with Gasteiger partial charge in [-0.05, 0) is 58.7 Å². The van der Waals surface area contributed by atoms with Crippen molar-refractivity contribution in [1.82, 2.24) is 15.1 Å². The number of fused-ring (bicyclic) bond motifs is 1. The minimum absolute atomic E-state index is 0.0961. The Morgan fingerprint density at radius 2 is 1.87 bits per heavy atom. The maximum absolute atomic E-state index is 12.5. The number of carbonyl (C=O) groups is 3. The number of esters is 1. The summed E-state index contributed by atoms with van der Waals surface area (Å²) in [6.07, 6.45) is 4.96. The standard InChI is InChI=1S/C28H44N4O6/c1-7-9-10-11-16-31(6)24(33)13-12-17-37-22-14-15-23-21(18-22)19-32(20-25(34)38-28(3,4)5)26(29-23)30-27(35)36-8-2/h14-15,18H,7-13,16-17,19-20H2,1-6H3,(H,29,30,35). The summed E-state index contributed by atoms with van der Waals surface area (Å²) in [5.41, 5.74) is 0.857. The van der Waals surface area contributed by atoms with Gasteiger partial charge in [-0.2, -0.15) is 0 Å². The number of alkyl carbamates (subject to hydrolysis) is 1. The van der Waals surface area contributed by atoms with Gasteiger partial charge in [0, 0.05) is 32.1 Å². The van der Waals surface area contributed by atoms with E-state index in [4.69, 9.17) is 14.2 Å². The molecule has 10 nitrogen and oxygen atoms in total. The Kier molecular flexibility index (Phi) is 12.4. The van der Waals surface area contributed by atoms with Crippen LogP contribution in [0.2, 0.25) is 0 Å². The predicted molar refractivity (Wildman–Crippen MR) is 146 cm³/mol. The Bertz CT molecular complexity index is 973. The molecule has 212 valence electrons. The third-order valence-electron chi connectivity index (χ3n) is 5.74. The van der Waals surface area contributed by atoms with E-state index in [0.717, 1.165) is 24.9 Å². The average molecular weight is 533 g/mol. The largest absolute Gasteiger partial charge is 0.494 e. The number of nitrogens with zero attached hydrogens (tertiary/aromatic N) is 3. The van der Waals surface area contributed by atoms with Crippen LogP contribution in [-0.4, -0.2) is 72.7 Å². The monoisotopic (exact) mass is 532 g/mol. The van der Waals surface area contributed by atoms with E-state index in [1.807, 2.05) is 13.1 Å². The highest BCUT2D eigenvalue weighted by atomic mass is 16.6. The molecule has 2 amide bonds. The van der Waals surface area contributed by atoms with Crippen LogP contribution in [0.1, 0.15) is 78.7 Å². The number of aliphatic imine (C=N–C) groups is 1. The summed E-state index contributed by atoms with van der Waals surface area (Å²) in [6.45, 7) is 10.9. The molecular weight excluding hydrogens is 488 g/mol. The first-order chi connectivity index (χ1) is 18.0. The molecule has 1 heterocycles. The van der Waals surface area contributed by atoms with Gasteiger partial charge >= 0.3 is 12.1 Å². The molecule has 38 heavy (non-hydrogen) atoms. The predicted octanol–water partition coefficient (Wildman–Crippen LogP) is 4.78. The number of nitrogens with one attached hydrogen (secondary N) is 1. The third-order valence-corrected chi connectivity index (χ3v) is 5.74. The molecule has 0 radical (unpaired) electrons. The Hall–Kier alpha value is -3.30. The van der Waals surface area contributed by atoms with Crippen LogP contribution < -0.4 is 10.1 Å². The average Bonchev–Trinajstić information content (AvgIpc) is 2.83. The van der Waals surface area contributed by atoms with Gasteiger partial charge in [0.2, 0.25) is 11.9 Å². The fourth-order valence-electron chi connectivity index (χ4n) is 3.88. The van der Waals surface area contributed by atoms with Gasteiger partial charge in [-0.25, -0.2) is 9.79 Å². The second-order valence-corrected chi connectivity index (χ2v) is 10.3. The topological polar surface area (TPSA) is 110 Å². The van der Waals surface area contributed by atoms with E-state index in [1.165, 1.54) is 12.8 Å². The summed E-state index contributed by atoms with van der Waals surface area (Å²) in [7, 11) is 1.85. The highest BCUT2D eigenvalue weighted by Gasteiger charge is 2.26. The molecule has 0 atom stereocenters. The van der Waals surface area contributed by atoms with Crippen molar-refractivity contribution in [2.75, 3.05) is 33.4 Å². The number of ether oxygens (including phenoxy) is 3. The van der Waals surface area contributed by atoms with E-state index in [1.54, 1.807) is 49.6 Å². The minimum atomic E-state index is -0.648. The number of amides is 2. The van der Waals surface area contributed by atoms with Crippen LogP contribution in [-0.2, 0) is 25.6 Å². The second-order valence-electron chi connectivity index (χ2n) is 10.3. The Labute approximate surface area is 226 Å². The zero-order valence-corrected chi connectivity index (χ0v) is 23.8. The van der Waals surface area contributed by atoms with Crippen molar-refractivity contribution in [2.45, 2.75) is 85.3 Å². The van der Waals surface area contributed by atoms with Crippen molar-refractivity contribution >= 4 is 29.6 Å². The molecule has 1 aromatic rings. The fourth-order valence-corrected chi connectivity index (χ4v) is 3.88. The van der Waals surface area contributed by atoms with Gasteiger partial charge in [0.05, 0.1) is 18.9 Å². The zero-order valence-electron chi connectivity index (χ0n) is 23.8. The van der Waals surface area contributed by atoms with E-state index in [-0.39, 0.29) is 25.0 Å². The van der Waals surface area contributed by atoms with E-state index in [0.29, 0.717) is 37.4 Å². The highest BCUT2D eigenvalue weighted by molar-refractivity contribution is 5.97. The first-order valence-electron chi connectivity index (χ1n) is 13.5. The first kappa shape index (κ1) is 30.9. The van der Waals surface area contributed by atoms with Crippen LogP contribution in [0.5, 0.6) is 5.75 Å². The number of carbonyl (C=O) groups excluding carboxylic acids is 3. The Morgan fingerprint density at radius 3 is 2.55 bits per heavy atom. The van der Waals surface area contributed by atoms with Crippen molar-refractivity contribution in [1.29, 1.82) is 0 Å². The van der Waals surface area contributed by atoms with Gasteiger partial charge in [-0.3, -0.25) is 14.9 Å². The molecule has 0 aliphatic carbocycles. The van der Waals surface area contributed by atoms with Crippen LogP contribution >= 0.6 is 0 Å². The molecule has 0 saturated carbocycles. The summed E-state index contributed by atoms with van der Waals surface area (Å²) >= 11 is 0. The fraction of sp³-hybridized carbons (Fsp3) is 0.643. The lowest BCUT2D eigenvalue weighted by Gasteiger charge is -2.30. The molecule has 0 fully saturated rings. The summed E-state index contributed by atoms with van der Waals surface area (Å²) in [5, 5.41) is 2.61. The molecule has 0 unspecified atom stereocenters. The van der Waals surface area contributed by atoms with Crippen LogP contribution in [0.3, 0.4) is 0 Å². The second kappa shape index (κ2) is 15.2. The van der Waals surface area contributed by atoms with Gasteiger partial charge in [-0.1, -0.05) is 26.2 Å². The molecule has 0 aromatic heterocycles. The van der Waals surface area contributed by atoms with Crippen LogP contribution in [0, 0.1) is 0 Å². The van der Waals surface area contributed by atoms with Crippen LogP contribution in [0.15, 0.2) is 23.2 Å². The van der Waals surface area contributed by atoms with Crippen molar-refractivity contribution in [3.63, 3.8) is 0 Å². The van der Waals surface area contributed by atoms with Crippen molar-refractivity contribution in [3.8, 4) is 5.75 Å². The van der Waals surface area contributed by atoms with E-state index >= 15 is 0 Å². The van der Waals surface area contributed by atoms with E-state index in [9.17, 15) is 14.4 Å². The molecular formula is C28H44N4O6. The molecule has 1 N–H and O–H groups in total. The number of hydrogen-bond donors (Lipinski definition) is 1. The summed E-state index contributed by atoms with van der Waals surface area (Å²) in [6, 6.07) is 5.47. The van der Waals surface area contributed by atoms with Gasteiger partial charge in [0.25, 0.3) is 0 Å². The van der Waals surface area contributed by atoms with E-state index in [2.05, 4.69) is 17.2 Å². The number of benzene rings is 1. The summed E-state index contributed by atoms with van der Waals surface area (Å²) in [5.74, 6) is 0.558. The molecule has 1 aliphatic rings. The van der Waals surface area contributed by atoms with Crippen molar-refractivity contribution in [2.24, 2.45) is 4.99 Å². The van der Waals surface area contributed by atoms with Gasteiger partial charge in [0.1, 0.15) is 17.9 Å². The molecule has 0 saturated heterocycles. The quantitative estimate of drug-likeness (QED) is 0.288. The zero-order chi connectivity index (χ0) is 28.1. The molecule has 1 aliphatic heterocycles. The molecule has 10 heteroatoms. The molecule has 1 aromatic carbocycles. The molecule has 0 bridgehead atoms. The lowest BCUT2D eigenvalue weighted by Crippen LogP contribution is -2.48. The number of guanidine groups is 1. The Balaban J connectivity index is 1.98. The van der Waals surface area contributed by atoms with Crippen LogP contribution in [0.4, 0.5) is 10.5 Å². The van der Waals surface area contributed by atoms with Crippen molar-refractivity contribution < 1.29 is 28.6 Å². The van der Waals surface area contributed by atoms with Crippen LogP contribution in [0.25, 0.3) is 0 Å². The maximum Gasteiger partial charge on any atom is 0.413 e. The third kappa shape index (κ3) is 11.0. The highest BCUT2D eigenvalue weighted by Crippen LogP contribution is 2.30. The number of hydrogen-bond acceptors (Lipinski definition) is 8. The minimum Gasteiger partial charge on any atom is -0.494 e. The van der Waals surface area contributed by atoms with Gasteiger partial charge < -0.3 is 24.0 Å². The lowest BCUT2D eigenvalue weighted by atomic mass is 10.1. The Morgan fingerprint density at radius 1 is 1.11 bits per heavy atom. The smallest absolute Gasteiger partial charge is 0.413 e. The summed E-state index contributed by atoms with van der Waals surface area (Å²) < 4.78 is 16.3. The number of rotatable bonds is 13. The van der Waals surface area contributed by atoms with Gasteiger partial charge in [0.15, 0.2) is 0 Å². The lowest BCUT2D eigenvalue weighted by molar-refractivity contribution is -0.155. The van der Waals surface area contributed by atoms with Gasteiger partial charge in [-0.15, -0.1) is 0 Å². The molecule has 0 spiro atoms. The summed E-state index contributed by atoms with van der Waals surface area (Å²) in [4.78, 5) is 44.9. The number of unbranched alkanes of at least 4 members (excludes halogenated alkanes) is 3. The molecule has 2 rings (SSSR count). The SMILES string of the molecule is CCCCCCN(C)C(=O)CCCOc1ccc2c(c1)CN(CC(=O)OC(C)(C)C)C(NC(=O)OCC)=N2. The normalized spacial score (nSPS) is 12.8. The maximum atomic E-state index is 12.5.